The van der Waals surface area contributed by atoms with Gasteiger partial charge in [0.25, 0.3) is 0 Å². The maximum absolute atomic E-state index is 11.7. The highest BCUT2D eigenvalue weighted by molar-refractivity contribution is 9.10. The molecular formula is C20H25BBr2O6S2. The van der Waals surface area contributed by atoms with E-state index in [0.717, 1.165) is 4.47 Å². The molecule has 0 aromatic heterocycles. The number of benzene rings is 2. The lowest BCUT2D eigenvalue weighted by molar-refractivity contribution is 0.00578. The molecule has 0 saturated carbocycles. The fourth-order valence-electron chi connectivity index (χ4n) is 2.61. The number of hydrogen-bond acceptors (Lipinski definition) is 6. The highest BCUT2D eigenvalue weighted by Crippen LogP contribution is 2.36. The molecule has 6 nitrogen and oxygen atoms in total. The van der Waals surface area contributed by atoms with Gasteiger partial charge in [-0.3, -0.25) is 0 Å². The zero-order valence-corrected chi connectivity index (χ0v) is 22.9. The molecule has 1 heterocycles. The lowest BCUT2D eigenvalue weighted by atomic mass is 9.79. The molecule has 0 spiro atoms. The van der Waals surface area contributed by atoms with Crippen molar-refractivity contribution in [3.63, 3.8) is 0 Å². The largest absolute Gasteiger partial charge is 0.494 e. The Morgan fingerprint density at radius 2 is 1.23 bits per heavy atom. The molecule has 0 unspecified atom stereocenters. The molecule has 170 valence electrons. The topological polar surface area (TPSA) is 86.7 Å². The highest BCUT2D eigenvalue weighted by atomic mass is 79.9. The third-order valence-corrected chi connectivity index (χ3v) is 8.22. The van der Waals surface area contributed by atoms with Crippen LogP contribution in [0.3, 0.4) is 0 Å². The van der Waals surface area contributed by atoms with Crippen LogP contribution in [-0.2, 0) is 29.0 Å². The van der Waals surface area contributed by atoms with Gasteiger partial charge in [0.2, 0.25) is 0 Å². The summed E-state index contributed by atoms with van der Waals surface area (Å²) in [4.78, 5) is 0.587. The smallest absolute Gasteiger partial charge is 0.399 e. The van der Waals surface area contributed by atoms with Gasteiger partial charge >= 0.3 is 7.12 Å². The fraction of sp³-hybridized carbons (Fsp3) is 0.400. The van der Waals surface area contributed by atoms with Crippen LogP contribution in [0, 0.1) is 0 Å². The maximum atomic E-state index is 11.7. The van der Waals surface area contributed by atoms with Crippen molar-refractivity contribution in [1.29, 1.82) is 0 Å². The van der Waals surface area contributed by atoms with Crippen LogP contribution in [0.2, 0.25) is 0 Å². The van der Waals surface area contributed by atoms with E-state index in [-0.39, 0.29) is 4.90 Å². The summed E-state index contributed by atoms with van der Waals surface area (Å²) >= 11 is 6.52. The van der Waals surface area contributed by atoms with Gasteiger partial charge in [-0.05, 0) is 69.6 Å². The standard InChI is InChI=1S/C13H18BBrO4S.C7H7BrO2S/c1-12(2)13(3,4)19-14(18-12)9-6-10(15)8-11(7-9)20(5,16)17;1-11(9,10)7-4-2-3-6(8)5-7/h6-8H,1-5H3;2-5H,1H3. The monoisotopic (exact) mass is 594 g/mol. The van der Waals surface area contributed by atoms with Gasteiger partial charge in [-0.15, -0.1) is 0 Å². The minimum atomic E-state index is -3.28. The average Bonchev–Trinajstić information content (AvgIpc) is 2.81. The molecule has 2 aromatic carbocycles. The van der Waals surface area contributed by atoms with Crippen LogP contribution < -0.4 is 5.46 Å². The molecule has 31 heavy (non-hydrogen) atoms. The van der Waals surface area contributed by atoms with Crippen molar-refractivity contribution >= 4 is 64.1 Å². The molecule has 1 aliphatic rings. The van der Waals surface area contributed by atoms with Crippen molar-refractivity contribution in [1.82, 2.24) is 0 Å². The van der Waals surface area contributed by atoms with E-state index in [1.807, 2.05) is 33.8 Å². The predicted octanol–water partition coefficient (Wildman–Crippen LogP) is 4.00. The molecule has 1 saturated heterocycles. The van der Waals surface area contributed by atoms with Gasteiger partial charge in [0.05, 0.1) is 21.0 Å². The highest BCUT2D eigenvalue weighted by Gasteiger charge is 2.51. The normalized spacial score (nSPS) is 17.7. The van der Waals surface area contributed by atoms with E-state index in [2.05, 4.69) is 31.9 Å². The number of hydrogen-bond donors (Lipinski definition) is 0. The quantitative estimate of drug-likeness (QED) is 0.499. The molecule has 0 atom stereocenters. The Morgan fingerprint density at radius 3 is 1.65 bits per heavy atom. The minimum absolute atomic E-state index is 0.247. The second kappa shape index (κ2) is 9.27. The van der Waals surface area contributed by atoms with Crippen molar-refractivity contribution in [3.8, 4) is 0 Å². The zero-order chi connectivity index (χ0) is 23.8. The van der Waals surface area contributed by atoms with E-state index in [9.17, 15) is 16.8 Å². The lowest BCUT2D eigenvalue weighted by Crippen LogP contribution is -2.41. The van der Waals surface area contributed by atoms with Gasteiger partial charge in [-0.25, -0.2) is 16.8 Å². The predicted molar refractivity (Wildman–Crippen MR) is 130 cm³/mol. The molecule has 11 heteroatoms. The third kappa shape index (κ3) is 6.88. The summed E-state index contributed by atoms with van der Waals surface area (Å²) in [6.45, 7) is 7.84. The molecule has 0 aliphatic carbocycles. The fourth-order valence-corrected chi connectivity index (χ4v) is 5.18. The van der Waals surface area contributed by atoms with Crippen molar-refractivity contribution in [2.45, 2.75) is 48.7 Å². The Hall–Kier alpha value is -0.715. The van der Waals surface area contributed by atoms with Gasteiger partial charge in [-0.2, -0.15) is 0 Å². The molecule has 0 amide bonds. The molecular weight excluding hydrogens is 571 g/mol. The molecule has 0 bridgehead atoms. The zero-order valence-electron chi connectivity index (χ0n) is 18.1. The summed E-state index contributed by atoms with van der Waals surface area (Å²) in [6, 6.07) is 11.6. The van der Waals surface area contributed by atoms with Crippen molar-refractivity contribution < 1.29 is 26.1 Å². The average molecular weight is 596 g/mol. The van der Waals surface area contributed by atoms with Gasteiger partial charge in [0, 0.05) is 21.5 Å². The summed E-state index contributed by atoms with van der Waals surface area (Å²) in [5.74, 6) is 0. The van der Waals surface area contributed by atoms with E-state index in [1.165, 1.54) is 12.5 Å². The van der Waals surface area contributed by atoms with E-state index in [0.29, 0.717) is 14.8 Å². The van der Waals surface area contributed by atoms with Crippen LogP contribution in [0.5, 0.6) is 0 Å². The first kappa shape index (κ1) is 26.5. The van der Waals surface area contributed by atoms with Gasteiger partial charge in [0.1, 0.15) is 0 Å². The first-order chi connectivity index (χ1) is 13.9. The summed E-state index contributed by atoms with van der Waals surface area (Å²) in [6.07, 6.45) is 2.37. The summed E-state index contributed by atoms with van der Waals surface area (Å²) in [7, 11) is -6.90. The van der Waals surface area contributed by atoms with Crippen molar-refractivity contribution in [2.24, 2.45) is 0 Å². The van der Waals surface area contributed by atoms with Crippen LogP contribution >= 0.6 is 31.9 Å². The number of sulfone groups is 2. The number of halogens is 2. The van der Waals surface area contributed by atoms with E-state index in [4.69, 9.17) is 9.31 Å². The Kier molecular flexibility index (Phi) is 7.93. The van der Waals surface area contributed by atoms with Crippen LogP contribution in [-0.4, -0.2) is 47.7 Å². The third-order valence-electron chi connectivity index (χ3n) is 5.07. The summed E-state index contributed by atoms with van der Waals surface area (Å²) in [5.41, 5.74) is -0.213. The Balaban J connectivity index is 0.000000262. The minimum Gasteiger partial charge on any atom is -0.399 e. The Bertz CT molecular complexity index is 1160. The van der Waals surface area contributed by atoms with Gasteiger partial charge in [-0.1, -0.05) is 37.9 Å². The first-order valence-corrected chi connectivity index (χ1v) is 14.6. The molecule has 2 aromatic rings. The molecule has 1 fully saturated rings. The second-order valence-corrected chi connectivity index (χ2v) is 14.2. The first-order valence-electron chi connectivity index (χ1n) is 9.24. The van der Waals surface area contributed by atoms with Crippen LogP contribution in [0.1, 0.15) is 27.7 Å². The van der Waals surface area contributed by atoms with E-state index >= 15 is 0 Å². The van der Waals surface area contributed by atoms with Crippen LogP contribution in [0.25, 0.3) is 0 Å². The summed E-state index contributed by atoms with van der Waals surface area (Å²) in [5, 5.41) is 0. The Labute approximate surface area is 202 Å². The van der Waals surface area contributed by atoms with Crippen molar-refractivity contribution in [2.75, 3.05) is 12.5 Å². The SMILES string of the molecule is CC1(C)OB(c2cc(Br)cc(S(C)(=O)=O)c2)OC1(C)C.CS(=O)(=O)c1cccc(Br)c1. The molecule has 1 aliphatic heterocycles. The van der Waals surface area contributed by atoms with E-state index < -0.39 is 38.0 Å². The van der Waals surface area contributed by atoms with Crippen LogP contribution in [0.15, 0.2) is 61.2 Å². The molecule has 0 radical (unpaired) electrons. The lowest BCUT2D eigenvalue weighted by Gasteiger charge is -2.32. The van der Waals surface area contributed by atoms with Crippen LogP contribution in [0.4, 0.5) is 0 Å². The number of rotatable bonds is 3. The van der Waals surface area contributed by atoms with Gasteiger partial charge in [0.15, 0.2) is 19.7 Å². The molecule has 3 rings (SSSR count). The van der Waals surface area contributed by atoms with Gasteiger partial charge < -0.3 is 9.31 Å². The van der Waals surface area contributed by atoms with E-state index in [1.54, 1.807) is 36.4 Å². The second-order valence-electron chi connectivity index (χ2n) is 8.31. The Morgan fingerprint density at radius 1 is 0.742 bits per heavy atom. The molecule has 0 N–H and O–H groups in total. The maximum Gasteiger partial charge on any atom is 0.494 e. The summed E-state index contributed by atoms with van der Waals surface area (Å²) < 4.78 is 58.7. The van der Waals surface area contributed by atoms with Crippen molar-refractivity contribution in [3.05, 3.63) is 51.4 Å².